The Balaban J connectivity index is 2.45. The van der Waals surface area contributed by atoms with E-state index in [0.717, 1.165) is 5.56 Å². The van der Waals surface area contributed by atoms with Crippen LogP contribution in [0.15, 0.2) is 30.3 Å². The lowest BCUT2D eigenvalue weighted by molar-refractivity contribution is -0.141. The van der Waals surface area contributed by atoms with Crippen LogP contribution >= 0.6 is 0 Å². The van der Waals surface area contributed by atoms with Gasteiger partial charge >= 0.3 is 12.1 Å². The number of hydrogen-bond acceptors (Lipinski definition) is 4. The molecule has 5 nitrogen and oxygen atoms in total. The standard InChI is InChI=1S/C16H23NO4/c1-12(2)9-14(10-15(18)20-3)17-16(19)21-11-13-7-5-4-6-8-13/h4-8,12,14H,9-11H2,1-3H3,(H,17,19). The minimum absolute atomic E-state index is 0.148. The Kier molecular flexibility index (Phi) is 7.29. The predicted molar refractivity (Wildman–Crippen MR) is 79.6 cm³/mol. The molecule has 1 amide bonds. The number of carbonyl (C=O) groups is 2. The van der Waals surface area contributed by atoms with E-state index in [9.17, 15) is 9.59 Å². The van der Waals surface area contributed by atoms with Crippen LogP contribution < -0.4 is 5.32 Å². The van der Waals surface area contributed by atoms with Crippen LogP contribution in [-0.4, -0.2) is 25.2 Å². The van der Waals surface area contributed by atoms with Gasteiger partial charge in [0.25, 0.3) is 0 Å². The Morgan fingerprint density at radius 3 is 2.43 bits per heavy atom. The van der Waals surface area contributed by atoms with Crippen molar-refractivity contribution in [3.05, 3.63) is 35.9 Å². The number of carbonyl (C=O) groups excluding carboxylic acids is 2. The lowest BCUT2D eigenvalue weighted by Crippen LogP contribution is -2.38. The lowest BCUT2D eigenvalue weighted by Gasteiger charge is -2.19. The second-order valence-corrected chi connectivity index (χ2v) is 5.31. The zero-order valence-electron chi connectivity index (χ0n) is 12.8. The summed E-state index contributed by atoms with van der Waals surface area (Å²) in [6, 6.07) is 9.16. The van der Waals surface area contributed by atoms with Gasteiger partial charge in [0.2, 0.25) is 0 Å². The molecule has 0 saturated heterocycles. The first kappa shape index (κ1) is 17.0. The Morgan fingerprint density at radius 2 is 1.86 bits per heavy atom. The molecule has 116 valence electrons. The van der Waals surface area contributed by atoms with Gasteiger partial charge in [-0.15, -0.1) is 0 Å². The summed E-state index contributed by atoms with van der Waals surface area (Å²) in [7, 11) is 1.34. The van der Waals surface area contributed by atoms with Gasteiger partial charge in [0.15, 0.2) is 0 Å². The first-order valence-electron chi connectivity index (χ1n) is 7.05. The van der Waals surface area contributed by atoms with Crippen molar-refractivity contribution in [1.82, 2.24) is 5.32 Å². The van der Waals surface area contributed by atoms with Crippen LogP contribution in [0.1, 0.15) is 32.3 Å². The van der Waals surface area contributed by atoms with Gasteiger partial charge in [0.05, 0.1) is 13.5 Å². The van der Waals surface area contributed by atoms with Gasteiger partial charge in [0, 0.05) is 6.04 Å². The highest BCUT2D eigenvalue weighted by molar-refractivity contribution is 5.72. The summed E-state index contributed by atoms with van der Waals surface area (Å²) in [5.74, 6) is 0.0121. The minimum atomic E-state index is -0.520. The maximum absolute atomic E-state index is 11.8. The molecule has 1 aromatic rings. The fraction of sp³-hybridized carbons (Fsp3) is 0.500. The fourth-order valence-electron chi connectivity index (χ4n) is 1.98. The van der Waals surface area contributed by atoms with Crippen molar-refractivity contribution >= 4 is 12.1 Å². The molecular formula is C16H23NO4. The van der Waals surface area contributed by atoms with Crippen LogP contribution in [0, 0.1) is 5.92 Å². The molecule has 1 rings (SSSR count). The number of ether oxygens (including phenoxy) is 2. The number of amides is 1. The molecule has 0 heterocycles. The number of nitrogens with one attached hydrogen (secondary N) is 1. The van der Waals surface area contributed by atoms with Crippen LogP contribution in [0.4, 0.5) is 4.79 Å². The molecule has 1 N–H and O–H groups in total. The van der Waals surface area contributed by atoms with Gasteiger partial charge in [-0.1, -0.05) is 44.2 Å². The minimum Gasteiger partial charge on any atom is -0.469 e. The van der Waals surface area contributed by atoms with Gasteiger partial charge in [0.1, 0.15) is 6.61 Å². The van der Waals surface area contributed by atoms with Crippen molar-refractivity contribution < 1.29 is 19.1 Å². The van der Waals surface area contributed by atoms with Crippen LogP contribution in [-0.2, 0) is 20.9 Å². The van der Waals surface area contributed by atoms with Gasteiger partial charge in [-0.3, -0.25) is 4.79 Å². The van der Waals surface area contributed by atoms with Gasteiger partial charge < -0.3 is 14.8 Å². The van der Waals surface area contributed by atoms with E-state index in [1.165, 1.54) is 7.11 Å². The third-order valence-electron chi connectivity index (χ3n) is 2.93. The highest BCUT2D eigenvalue weighted by Gasteiger charge is 2.18. The monoisotopic (exact) mass is 293 g/mol. The van der Waals surface area contributed by atoms with Crippen LogP contribution in [0.25, 0.3) is 0 Å². The summed E-state index contributed by atoms with van der Waals surface area (Å²) >= 11 is 0. The molecule has 0 aliphatic carbocycles. The topological polar surface area (TPSA) is 64.6 Å². The molecule has 0 bridgehead atoms. The lowest BCUT2D eigenvalue weighted by atomic mass is 10.0. The van der Waals surface area contributed by atoms with E-state index in [0.29, 0.717) is 12.3 Å². The second kappa shape index (κ2) is 9.00. The van der Waals surface area contributed by atoms with E-state index >= 15 is 0 Å². The summed E-state index contributed by atoms with van der Waals surface area (Å²) in [5.41, 5.74) is 0.918. The average molecular weight is 293 g/mol. The zero-order valence-corrected chi connectivity index (χ0v) is 12.8. The molecule has 1 aromatic carbocycles. The Hall–Kier alpha value is -2.04. The quantitative estimate of drug-likeness (QED) is 0.785. The summed E-state index contributed by atoms with van der Waals surface area (Å²) < 4.78 is 9.80. The number of methoxy groups -OCH3 is 1. The molecule has 1 atom stereocenters. The molecule has 0 saturated carbocycles. The van der Waals surface area contributed by atoms with Crippen molar-refractivity contribution in [2.75, 3.05) is 7.11 Å². The Morgan fingerprint density at radius 1 is 1.19 bits per heavy atom. The molecule has 0 aromatic heterocycles. The summed E-state index contributed by atoms with van der Waals surface area (Å²) in [4.78, 5) is 23.1. The number of alkyl carbamates (subject to hydrolysis) is 1. The van der Waals surface area contributed by atoms with Gasteiger partial charge in [-0.05, 0) is 17.9 Å². The van der Waals surface area contributed by atoms with E-state index in [-0.39, 0.29) is 25.0 Å². The molecule has 21 heavy (non-hydrogen) atoms. The summed E-state index contributed by atoms with van der Waals surface area (Å²) in [6.07, 6.45) is 0.318. The first-order valence-corrected chi connectivity index (χ1v) is 7.05. The number of hydrogen-bond donors (Lipinski definition) is 1. The molecule has 5 heteroatoms. The van der Waals surface area contributed by atoms with Gasteiger partial charge in [-0.25, -0.2) is 4.79 Å². The summed E-state index contributed by atoms with van der Waals surface area (Å²) in [6.45, 7) is 4.27. The van der Waals surface area contributed by atoms with Crippen LogP contribution in [0.5, 0.6) is 0 Å². The number of rotatable bonds is 7. The summed E-state index contributed by atoms with van der Waals surface area (Å²) in [5, 5.41) is 2.72. The number of esters is 1. The fourth-order valence-corrected chi connectivity index (χ4v) is 1.98. The highest BCUT2D eigenvalue weighted by atomic mass is 16.5. The second-order valence-electron chi connectivity index (χ2n) is 5.31. The Labute approximate surface area is 125 Å². The molecule has 0 radical (unpaired) electrons. The van der Waals surface area contributed by atoms with Crippen molar-refractivity contribution in [3.63, 3.8) is 0 Å². The third kappa shape index (κ3) is 7.34. The van der Waals surface area contributed by atoms with Crippen LogP contribution in [0.2, 0.25) is 0 Å². The zero-order chi connectivity index (χ0) is 15.7. The molecule has 0 aliphatic rings. The SMILES string of the molecule is COC(=O)CC(CC(C)C)NC(=O)OCc1ccccc1. The van der Waals surface area contributed by atoms with Crippen molar-refractivity contribution in [2.24, 2.45) is 5.92 Å². The average Bonchev–Trinajstić information content (AvgIpc) is 2.45. The number of benzene rings is 1. The molecule has 0 fully saturated rings. The smallest absolute Gasteiger partial charge is 0.407 e. The van der Waals surface area contributed by atoms with Crippen LogP contribution in [0.3, 0.4) is 0 Å². The maximum atomic E-state index is 11.8. The third-order valence-corrected chi connectivity index (χ3v) is 2.93. The molecular weight excluding hydrogens is 270 g/mol. The predicted octanol–water partition coefficient (Wildman–Crippen LogP) is 2.89. The normalized spacial score (nSPS) is 11.8. The van der Waals surface area contributed by atoms with Crippen molar-refractivity contribution in [3.8, 4) is 0 Å². The van der Waals surface area contributed by atoms with E-state index in [2.05, 4.69) is 10.1 Å². The first-order chi connectivity index (χ1) is 10.0. The molecule has 1 unspecified atom stereocenters. The van der Waals surface area contributed by atoms with Crippen molar-refractivity contribution in [2.45, 2.75) is 39.3 Å². The largest absolute Gasteiger partial charge is 0.469 e. The van der Waals surface area contributed by atoms with E-state index < -0.39 is 6.09 Å². The van der Waals surface area contributed by atoms with E-state index in [1.54, 1.807) is 0 Å². The Bertz CT molecular complexity index is 445. The van der Waals surface area contributed by atoms with Crippen molar-refractivity contribution in [1.29, 1.82) is 0 Å². The highest BCUT2D eigenvalue weighted by Crippen LogP contribution is 2.09. The van der Waals surface area contributed by atoms with E-state index in [1.807, 2.05) is 44.2 Å². The van der Waals surface area contributed by atoms with E-state index in [4.69, 9.17) is 4.74 Å². The molecule has 0 spiro atoms. The van der Waals surface area contributed by atoms with Gasteiger partial charge in [-0.2, -0.15) is 0 Å². The molecule has 0 aliphatic heterocycles. The maximum Gasteiger partial charge on any atom is 0.407 e.